The number of anilines is 2. The summed E-state index contributed by atoms with van der Waals surface area (Å²) in [5.74, 6) is 1.44. The molecule has 1 unspecified atom stereocenters. The van der Waals surface area contributed by atoms with Gasteiger partial charge in [-0.3, -0.25) is 0 Å². The summed E-state index contributed by atoms with van der Waals surface area (Å²) in [5, 5.41) is 9.47. The van der Waals surface area contributed by atoms with Crippen molar-refractivity contribution in [2.45, 2.75) is 18.9 Å². The first-order valence-corrected chi connectivity index (χ1v) is 11.6. The summed E-state index contributed by atoms with van der Waals surface area (Å²) in [6, 6.07) is 28.1. The van der Waals surface area contributed by atoms with E-state index in [1.165, 1.54) is 0 Å². The van der Waals surface area contributed by atoms with Gasteiger partial charge in [0.25, 0.3) is 5.70 Å². The fourth-order valence-electron chi connectivity index (χ4n) is 4.21. The van der Waals surface area contributed by atoms with E-state index in [1.807, 2.05) is 98.9 Å². The van der Waals surface area contributed by atoms with Gasteiger partial charge in [0.1, 0.15) is 17.1 Å². The number of rotatable bonds is 6. The Morgan fingerprint density at radius 1 is 1.03 bits per heavy atom. The highest BCUT2D eigenvalue weighted by atomic mass is 16.5. The van der Waals surface area contributed by atoms with E-state index in [2.05, 4.69) is 21.9 Å². The molecule has 5 heteroatoms. The van der Waals surface area contributed by atoms with Crippen molar-refractivity contribution in [3.05, 3.63) is 131 Å². The summed E-state index contributed by atoms with van der Waals surface area (Å²) in [6.07, 6.45) is 6.11. The highest BCUT2D eigenvalue weighted by molar-refractivity contribution is 5.65. The lowest BCUT2D eigenvalue weighted by molar-refractivity contribution is 0.0143. The zero-order valence-corrected chi connectivity index (χ0v) is 20.6. The second-order valence-electron chi connectivity index (χ2n) is 8.70. The Balaban J connectivity index is 1.57. The maximum Gasteiger partial charge on any atom is 0.265 e. The fourth-order valence-corrected chi connectivity index (χ4v) is 4.21. The van der Waals surface area contributed by atoms with Crippen molar-refractivity contribution in [2.75, 3.05) is 19.1 Å². The molecule has 3 aromatic carbocycles. The number of ether oxygens (including phenoxy) is 2. The van der Waals surface area contributed by atoms with Crippen LogP contribution >= 0.6 is 0 Å². The third-order valence-corrected chi connectivity index (χ3v) is 6.27. The third kappa shape index (κ3) is 5.32. The van der Waals surface area contributed by atoms with Gasteiger partial charge in [-0.2, -0.15) is 0 Å². The molecule has 0 amide bonds. The molecule has 0 saturated carbocycles. The van der Waals surface area contributed by atoms with Gasteiger partial charge in [0, 0.05) is 24.8 Å². The maximum absolute atomic E-state index is 9.47. The van der Waals surface area contributed by atoms with Crippen molar-refractivity contribution in [3.63, 3.8) is 0 Å². The molecule has 4 rings (SSSR count). The first-order valence-electron chi connectivity index (χ1n) is 11.6. The Morgan fingerprint density at radius 2 is 1.67 bits per heavy atom. The van der Waals surface area contributed by atoms with Crippen LogP contribution in [0, 0.1) is 17.9 Å². The molecular formula is C31H27N3O2. The number of benzene rings is 3. The van der Waals surface area contributed by atoms with E-state index in [0.29, 0.717) is 17.8 Å². The summed E-state index contributed by atoms with van der Waals surface area (Å²) in [7, 11) is 3.68. The number of hydrogen-bond donors (Lipinski definition) is 0. The van der Waals surface area contributed by atoms with Gasteiger partial charge < -0.3 is 14.4 Å². The van der Waals surface area contributed by atoms with Crippen molar-refractivity contribution in [1.29, 1.82) is 5.26 Å². The zero-order chi connectivity index (χ0) is 25.5. The molecule has 0 radical (unpaired) electrons. The van der Waals surface area contributed by atoms with Crippen LogP contribution in [0.25, 0.3) is 10.9 Å². The minimum atomic E-state index is -0.678. The summed E-state index contributed by atoms with van der Waals surface area (Å²) >= 11 is 0. The molecule has 1 atom stereocenters. The molecule has 0 saturated heterocycles. The van der Waals surface area contributed by atoms with Crippen LogP contribution in [0.15, 0.2) is 108 Å². The van der Waals surface area contributed by atoms with E-state index < -0.39 is 5.60 Å². The smallest absolute Gasteiger partial charge is 0.265 e. The van der Waals surface area contributed by atoms with Crippen LogP contribution in [0.5, 0.6) is 5.75 Å². The first-order chi connectivity index (χ1) is 17.5. The molecule has 1 aliphatic heterocycles. The average molecular weight is 474 g/mol. The van der Waals surface area contributed by atoms with Gasteiger partial charge in [-0.25, -0.2) is 10.1 Å². The molecule has 1 aliphatic rings. The predicted molar refractivity (Wildman–Crippen MR) is 143 cm³/mol. The molecule has 0 spiro atoms. The van der Waals surface area contributed by atoms with E-state index >= 15 is 0 Å². The van der Waals surface area contributed by atoms with Crippen molar-refractivity contribution in [1.82, 2.24) is 0 Å². The molecule has 0 N–H and O–H groups in total. The van der Waals surface area contributed by atoms with E-state index in [1.54, 1.807) is 13.2 Å². The van der Waals surface area contributed by atoms with Crippen molar-refractivity contribution in [2.24, 2.45) is 0 Å². The second-order valence-corrected chi connectivity index (χ2v) is 8.70. The second kappa shape index (κ2) is 10.7. The SMILES string of the molecule is [C-]#[N+]/C(C#N)=C1C=C(/C=C/c2ccc(N(C)c3ccc(OC)cc3)cc2)OC(C)(c2ccccc2)C\1. The number of allylic oxidation sites excluding steroid dienone is 3. The van der Waals surface area contributed by atoms with Crippen LogP contribution in [0.3, 0.4) is 0 Å². The monoisotopic (exact) mass is 473 g/mol. The lowest BCUT2D eigenvalue weighted by Crippen LogP contribution is -2.29. The molecule has 5 nitrogen and oxygen atoms in total. The Labute approximate surface area is 212 Å². The number of nitriles is 1. The van der Waals surface area contributed by atoms with Crippen LogP contribution in [-0.4, -0.2) is 14.2 Å². The van der Waals surface area contributed by atoms with Crippen molar-refractivity contribution < 1.29 is 9.47 Å². The number of hydrogen-bond acceptors (Lipinski definition) is 4. The summed E-state index contributed by atoms with van der Waals surface area (Å²) in [4.78, 5) is 5.54. The normalized spacial score (nSPS) is 18.4. The van der Waals surface area contributed by atoms with E-state index in [4.69, 9.17) is 16.0 Å². The Hall–Kier alpha value is -4.74. The van der Waals surface area contributed by atoms with Gasteiger partial charge in [-0.1, -0.05) is 48.5 Å². The summed E-state index contributed by atoms with van der Waals surface area (Å²) in [5.41, 5.74) is 4.22. The molecule has 0 bridgehead atoms. The standard InChI is InChI=1S/C31H27N3O2/c1-31(25-8-6-5-7-9-25)21-24(30(22-32)33-2)20-29(36-31)17-12-23-10-13-26(14-11-23)34(3)27-15-18-28(35-4)19-16-27/h5-20H,21H2,1,3-4H3/b17-12+,30-24+. The van der Waals surface area contributed by atoms with Gasteiger partial charge >= 0.3 is 0 Å². The molecule has 36 heavy (non-hydrogen) atoms. The Bertz CT molecular complexity index is 1370. The van der Waals surface area contributed by atoms with E-state index in [0.717, 1.165) is 28.3 Å². The van der Waals surface area contributed by atoms with Crippen molar-refractivity contribution in [3.8, 4) is 11.8 Å². The van der Waals surface area contributed by atoms with Crippen LogP contribution in [0.4, 0.5) is 11.4 Å². The van der Waals surface area contributed by atoms with Crippen LogP contribution in [-0.2, 0) is 10.3 Å². The quantitative estimate of drug-likeness (QED) is 0.277. The largest absolute Gasteiger partial charge is 0.497 e. The Kier molecular flexibility index (Phi) is 7.23. The van der Waals surface area contributed by atoms with E-state index in [9.17, 15) is 5.26 Å². The highest BCUT2D eigenvalue weighted by Crippen LogP contribution is 2.40. The molecule has 0 aliphatic carbocycles. The molecule has 1 heterocycles. The van der Waals surface area contributed by atoms with Gasteiger partial charge in [0.15, 0.2) is 0 Å². The van der Waals surface area contributed by atoms with Crippen molar-refractivity contribution >= 4 is 17.5 Å². The molecule has 178 valence electrons. The lowest BCUT2D eigenvalue weighted by atomic mass is 9.85. The zero-order valence-electron chi connectivity index (χ0n) is 20.6. The molecule has 0 aromatic heterocycles. The molecule has 3 aromatic rings. The first kappa shape index (κ1) is 24.4. The topological polar surface area (TPSA) is 49.9 Å². The fraction of sp³-hybridized carbons (Fsp3) is 0.161. The number of nitrogens with zero attached hydrogens (tertiary/aromatic N) is 3. The minimum Gasteiger partial charge on any atom is -0.497 e. The Morgan fingerprint density at radius 3 is 2.25 bits per heavy atom. The van der Waals surface area contributed by atoms with Gasteiger partial charge in [0.2, 0.25) is 0 Å². The predicted octanol–water partition coefficient (Wildman–Crippen LogP) is 7.39. The van der Waals surface area contributed by atoms with Gasteiger partial charge in [0.05, 0.1) is 19.8 Å². The summed E-state index contributed by atoms with van der Waals surface area (Å²) in [6.45, 7) is 9.41. The maximum atomic E-state index is 9.47. The molecular weight excluding hydrogens is 446 g/mol. The van der Waals surface area contributed by atoms with Crippen LogP contribution < -0.4 is 9.64 Å². The van der Waals surface area contributed by atoms with Gasteiger partial charge in [-0.05, 0) is 72.2 Å². The third-order valence-electron chi connectivity index (χ3n) is 6.27. The van der Waals surface area contributed by atoms with Gasteiger partial charge in [-0.15, -0.1) is 0 Å². The lowest BCUT2D eigenvalue weighted by Gasteiger charge is -2.36. The average Bonchev–Trinajstić information content (AvgIpc) is 2.93. The summed E-state index contributed by atoms with van der Waals surface area (Å²) < 4.78 is 11.6. The van der Waals surface area contributed by atoms with E-state index in [-0.39, 0.29) is 5.70 Å². The number of methoxy groups -OCH3 is 1. The van der Waals surface area contributed by atoms with Crippen LogP contribution in [0.2, 0.25) is 0 Å². The highest BCUT2D eigenvalue weighted by Gasteiger charge is 2.34. The molecule has 0 fully saturated rings. The minimum absolute atomic E-state index is 0.0947. The van der Waals surface area contributed by atoms with Crippen LogP contribution in [0.1, 0.15) is 24.5 Å².